The van der Waals surface area contributed by atoms with Crippen LogP contribution in [0.15, 0.2) is 35.7 Å². The summed E-state index contributed by atoms with van der Waals surface area (Å²) in [6.07, 6.45) is 2.01. The van der Waals surface area contributed by atoms with Gasteiger partial charge in [0.05, 0.1) is 16.8 Å². The van der Waals surface area contributed by atoms with Gasteiger partial charge in [-0.25, -0.2) is 13.4 Å². The minimum atomic E-state index is -3.30. The third-order valence-electron chi connectivity index (χ3n) is 3.83. The van der Waals surface area contributed by atoms with Crippen LogP contribution in [0, 0.1) is 6.92 Å². The van der Waals surface area contributed by atoms with Crippen molar-refractivity contribution in [2.75, 3.05) is 16.3 Å². The van der Waals surface area contributed by atoms with E-state index in [1.807, 2.05) is 18.4 Å². The fraction of sp³-hybridized carbons (Fsp3) is 0.222. The largest absolute Gasteiger partial charge is 0.297 e. The van der Waals surface area contributed by atoms with Gasteiger partial charge in [-0.1, -0.05) is 19.1 Å². The van der Waals surface area contributed by atoms with Crippen LogP contribution in [0.3, 0.4) is 0 Å². The molecule has 2 N–H and O–H groups in total. The number of benzene rings is 1. The molecule has 0 bridgehead atoms. The van der Waals surface area contributed by atoms with Crippen LogP contribution >= 0.6 is 22.7 Å². The highest BCUT2D eigenvalue weighted by Crippen LogP contribution is 2.28. The van der Waals surface area contributed by atoms with Crippen LogP contribution in [0.2, 0.25) is 0 Å². The quantitative estimate of drug-likeness (QED) is 0.619. The number of aromatic nitrogens is 1. The summed E-state index contributed by atoms with van der Waals surface area (Å²) < 4.78 is 24.9. The van der Waals surface area contributed by atoms with Crippen molar-refractivity contribution in [1.82, 2.24) is 4.98 Å². The first-order valence-electron chi connectivity index (χ1n) is 8.19. The van der Waals surface area contributed by atoms with Crippen molar-refractivity contribution < 1.29 is 13.2 Å². The van der Waals surface area contributed by atoms with Crippen molar-refractivity contribution in [2.24, 2.45) is 0 Å². The van der Waals surface area contributed by atoms with E-state index >= 15 is 0 Å². The predicted octanol–water partition coefficient (Wildman–Crippen LogP) is 4.37. The lowest BCUT2D eigenvalue weighted by molar-refractivity contribution is 0.103. The van der Waals surface area contributed by atoms with Gasteiger partial charge in [-0.05, 0) is 37.1 Å². The second-order valence-electron chi connectivity index (χ2n) is 5.99. The molecule has 27 heavy (non-hydrogen) atoms. The minimum Gasteiger partial charge on any atom is -0.297 e. The summed E-state index contributed by atoms with van der Waals surface area (Å²) >= 11 is 2.83. The predicted molar refractivity (Wildman–Crippen MR) is 112 cm³/mol. The van der Waals surface area contributed by atoms with Gasteiger partial charge in [0.2, 0.25) is 10.0 Å². The van der Waals surface area contributed by atoms with Gasteiger partial charge in [0.25, 0.3) is 5.91 Å². The minimum absolute atomic E-state index is 0.156. The monoisotopic (exact) mass is 421 g/mol. The fourth-order valence-corrected chi connectivity index (χ4v) is 4.82. The number of carbonyl (C=O) groups is 1. The Bertz CT molecular complexity index is 1070. The summed E-state index contributed by atoms with van der Waals surface area (Å²) in [5, 5.41) is 5.22. The maximum atomic E-state index is 12.4. The second kappa shape index (κ2) is 7.79. The van der Waals surface area contributed by atoms with E-state index in [0.29, 0.717) is 15.7 Å². The lowest BCUT2D eigenvalue weighted by Crippen LogP contribution is -2.09. The first-order valence-corrected chi connectivity index (χ1v) is 11.8. The van der Waals surface area contributed by atoms with Crippen molar-refractivity contribution in [3.63, 3.8) is 0 Å². The van der Waals surface area contributed by atoms with Crippen LogP contribution in [0.4, 0.5) is 10.8 Å². The van der Waals surface area contributed by atoms with Crippen LogP contribution in [0.25, 0.3) is 11.3 Å². The van der Waals surface area contributed by atoms with E-state index in [0.717, 1.165) is 28.8 Å². The summed E-state index contributed by atoms with van der Waals surface area (Å²) in [6, 6.07) is 8.84. The Morgan fingerprint density at radius 3 is 2.52 bits per heavy atom. The molecule has 0 saturated carbocycles. The number of thiazole rings is 1. The maximum Gasteiger partial charge on any atom is 0.267 e. The number of sulfonamides is 1. The first kappa shape index (κ1) is 19.5. The number of nitrogens with one attached hydrogen (secondary N) is 2. The summed E-state index contributed by atoms with van der Waals surface area (Å²) in [5.41, 5.74) is 3.24. The van der Waals surface area contributed by atoms with E-state index in [2.05, 4.69) is 21.9 Å². The van der Waals surface area contributed by atoms with Gasteiger partial charge in [0.15, 0.2) is 5.13 Å². The SMILES string of the molecule is CCc1cc(C(=O)Nc2nc(-c3ccc(NS(C)(=O)=O)cc3)cs2)sc1C. The molecule has 6 nitrogen and oxygen atoms in total. The van der Waals surface area contributed by atoms with Gasteiger partial charge in [0, 0.05) is 21.5 Å². The summed E-state index contributed by atoms with van der Waals surface area (Å²) in [4.78, 5) is 18.7. The topological polar surface area (TPSA) is 88.2 Å². The highest BCUT2D eigenvalue weighted by molar-refractivity contribution is 7.92. The van der Waals surface area contributed by atoms with Crippen LogP contribution in [-0.4, -0.2) is 25.6 Å². The van der Waals surface area contributed by atoms with E-state index in [-0.39, 0.29) is 5.91 Å². The zero-order chi connectivity index (χ0) is 19.6. The Balaban J connectivity index is 1.71. The summed E-state index contributed by atoms with van der Waals surface area (Å²) in [7, 11) is -3.30. The second-order valence-corrected chi connectivity index (χ2v) is 9.85. The molecule has 2 heterocycles. The smallest absolute Gasteiger partial charge is 0.267 e. The molecule has 9 heteroatoms. The molecular weight excluding hydrogens is 402 g/mol. The number of nitrogens with zero attached hydrogens (tertiary/aromatic N) is 1. The molecule has 2 aromatic heterocycles. The highest BCUT2D eigenvalue weighted by atomic mass is 32.2. The molecule has 1 aromatic carbocycles. The van der Waals surface area contributed by atoms with E-state index in [1.165, 1.54) is 28.2 Å². The van der Waals surface area contributed by atoms with E-state index in [4.69, 9.17) is 0 Å². The molecule has 0 atom stereocenters. The molecule has 0 aliphatic heterocycles. The fourth-order valence-electron chi connectivity index (χ4n) is 2.53. The average Bonchev–Trinajstić information content (AvgIpc) is 3.20. The number of hydrogen-bond donors (Lipinski definition) is 2. The van der Waals surface area contributed by atoms with E-state index in [1.54, 1.807) is 24.3 Å². The number of amides is 1. The maximum absolute atomic E-state index is 12.4. The van der Waals surface area contributed by atoms with Gasteiger partial charge in [-0.3, -0.25) is 14.8 Å². The standard InChI is InChI=1S/C18H19N3O3S3/c1-4-12-9-16(26-11(12)2)17(22)20-18-19-15(10-25-18)13-5-7-14(8-6-13)21-27(3,23)24/h5-10,21H,4H2,1-3H3,(H,19,20,22). The number of carbonyl (C=O) groups excluding carboxylic acids is 1. The Kier molecular flexibility index (Phi) is 5.64. The normalized spacial score (nSPS) is 11.4. The molecule has 3 aromatic rings. The Morgan fingerprint density at radius 2 is 1.93 bits per heavy atom. The number of rotatable bonds is 6. The number of aryl methyl sites for hydroxylation is 2. The molecule has 3 rings (SSSR count). The summed E-state index contributed by atoms with van der Waals surface area (Å²) in [6.45, 7) is 4.09. The number of thiophene rings is 1. The van der Waals surface area contributed by atoms with Gasteiger partial charge in [0.1, 0.15) is 0 Å². The number of hydrogen-bond acceptors (Lipinski definition) is 6. The summed E-state index contributed by atoms with van der Waals surface area (Å²) in [5.74, 6) is -0.156. The van der Waals surface area contributed by atoms with E-state index in [9.17, 15) is 13.2 Å². The van der Waals surface area contributed by atoms with Crippen LogP contribution in [-0.2, 0) is 16.4 Å². The Labute approximate surface area is 166 Å². The average molecular weight is 422 g/mol. The van der Waals surface area contributed by atoms with Crippen molar-refractivity contribution in [1.29, 1.82) is 0 Å². The molecule has 1 amide bonds. The van der Waals surface area contributed by atoms with Gasteiger partial charge in [-0.2, -0.15) is 0 Å². The molecule has 142 valence electrons. The van der Waals surface area contributed by atoms with Crippen molar-refractivity contribution in [3.8, 4) is 11.3 Å². The van der Waals surface area contributed by atoms with Crippen LogP contribution < -0.4 is 10.0 Å². The van der Waals surface area contributed by atoms with Crippen LogP contribution in [0.1, 0.15) is 27.0 Å². The Morgan fingerprint density at radius 1 is 1.22 bits per heavy atom. The van der Waals surface area contributed by atoms with Gasteiger partial charge in [-0.15, -0.1) is 22.7 Å². The molecule has 0 unspecified atom stereocenters. The highest BCUT2D eigenvalue weighted by Gasteiger charge is 2.14. The molecule has 0 aliphatic rings. The number of anilines is 2. The molecule has 0 saturated heterocycles. The lowest BCUT2D eigenvalue weighted by Gasteiger charge is -2.04. The first-order chi connectivity index (χ1) is 12.7. The third-order valence-corrected chi connectivity index (χ3v) is 6.29. The molecule has 0 fully saturated rings. The molecule has 0 radical (unpaired) electrons. The van der Waals surface area contributed by atoms with Crippen molar-refractivity contribution in [3.05, 3.63) is 51.0 Å². The van der Waals surface area contributed by atoms with E-state index < -0.39 is 10.0 Å². The lowest BCUT2D eigenvalue weighted by atomic mass is 10.1. The van der Waals surface area contributed by atoms with Crippen molar-refractivity contribution >= 4 is 49.4 Å². The molecular formula is C18H19N3O3S3. The van der Waals surface area contributed by atoms with Gasteiger partial charge >= 0.3 is 0 Å². The van der Waals surface area contributed by atoms with Crippen LogP contribution in [0.5, 0.6) is 0 Å². The van der Waals surface area contributed by atoms with Gasteiger partial charge < -0.3 is 0 Å². The van der Waals surface area contributed by atoms with Crippen molar-refractivity contribution in [2.45, 2.75) is 20.3 Å². The molecule has 0 aliphatic carbocycles. The Hall–Kier alpha value is -2.23. The zero-order valence-corrected chi connectivity index (χ0v) is 17.5. The molecule has 0 spiro atoms. The third kappa shape index (κ3) is 4.94. The zero-order valence-electron chi connectivity index (χ0n) is 15.1.